The highest BCUT2D eigenvalue weighted by Gasteiger charge is 2.17. The van der Waals surface area contributed by atoms with Crippen molar-refractivity contribution in [2.75, 3.05) is 6.54 Å². The smallest absolute Gasteiger partial charge is 0.326 e. The number of halogens is 1. The van der Waals surface area contributed by atoms with E-state index in [-0.39, 0.29) is 0 Å². The van der Waals surface area contributed by atoms with Gasteiger partial charge in [0.2, 0.25) is 5.89 Å². The van der Waals surface area contributed by atoms with Crippen molar-refractivity contribution in [3.8, 4) is 17.1 Å². The van der Waals surface area contributed by atoms with Crippen LogP contribution in [0.2, 0.25) is 0 Å². The Morgan fingerprint density at radius 3 is 2.79 bits per heavy atom. The van der Waals surface area contributed by atoms with Crippen LogP contribution in [0.3, 0.4) is 0 Å². The summed E-state index contributed by atoms with van der Waals surface area (Å²) in [5, 5.41) is 8.10. The van der Waals surface area contributed by atoms with Crippen molar-refractivity contribution in [3.05, 3.63) is 51.6 Å². The number of aryl methyl sites for hydroxylation is 1. The van der Waals surface area contributed by atoms with E-state index in [1.54, 1.807) is 6.07 Å². The topological polar surface area (TPSA) is 86.9 Å². The molecule has 1 aromatic carbocycles. The molecule has 0 saturated heterocycles. The highest BCUT2D eigenvalue weighted by Crippen LogP contribution is 2.32. The quantitative estimate of drug-likeness (QED) is 0.677. The van der Waals surface area contributed by atoms with Gasteiger partial charge in [-0.2, -0.15) is 0 Å². The highest BCUT2D eigenvalue weighted by atomic mass is 79.9. The number of benzene rings is 1. The van der Waals surface area contributed by atoms with Crippen molar-refractivity contribution in [2.45, 2.75) is 20.3 Å². The molecule has 3 aromatic rings. The van der Waals surface area contributed by atoms with Crippen LogP contribution in [0.1, 0.15) is 27.5 Å². The van der Waals surface area contributed by atoms with Gasteiger partial charge in [-0.3, -0.25) is 9.36 Å². The van der Waals surface area contributed by atoms with E-state index in [4.69, 9.17) is 10.2 Å². The maximum Gasteiger partial charge on any atom is 0.326 e. The SMILES string of the molecule is Cc1cn(-c2nnc(CCN)o2)c(C)c1-c1cc(Br)cc(C=O)c1. The lowest BCUT2D eigenvalue weighted by Gasteiger charge is -2.06. The summed E-state index contributed by atoms with van der Waals surface area (Å²) >= 11 is 3.45. The molecule has 2 aromatic heterocycles. The summed E-state index contributed by atoms with van der Waals surface area (Å²) in [6.07, 6.45) is 3.34. The first-order chi connectivity index (χ1) is 11.5. The average Bonchev–Trinajstić information content (AvgIpc) is 3.11. The number of aromatic nitrogens is 3. The number of nitrogens with zero attached hydrogens (tertiary/aromatic N) is 3. The standard InChI is InChI=1S/C17H17BrN4O2/c1-10-8-22(17-21-20-15(24-17)3-4-19)11(2)16(10)13-5-12(9-23)6-14(18)7-13/h5-9H,3-4,19H2,1-2H3. The summed E-state index contributed by atoms with van der Waals surface area (Å²) in [5.41, 5.74) is 10.2. The molecule has 0 spiro atoms. The zero-order valence-electron chi connectivity index (χ0n) is 13.4. The fraction of sp³-hybridized carbons (Fsp3) is 0.235. The van der Waals surface area contributed by atoms with Crippen molar-refractivity contribution < 1.29 is 9.21 Å². The van der Waals surface area contributed by atoms with E-state index in [1.165, 1.54) is 0 Å². The van der Waals surface area contributed by atoms with Crippen LogP contribution in [0.5, 0.6) is 0 Å². The lowest BCUT2D eigenvalue weighted by Crippen LogP contribution is -2.02. The maximum atomic E-state index is 11.1. The van der Waals surface area contributed by atoms with Crippen molar-refractivity contribution >= 4 is 22.2 Å². The molecule has 124 valence electrons. The van der Waals surface area contributed by atoms with Crippen LogP contribution in [-0.2, 0) is 6.42 Å². The first-order valence-corrected chi connectivity index (χ1v) is 8.30. The Hall–Kier alpha value is -2.25. The number of nitrogens with two attached hydrogens (primary N) is 1. The highest BCUT2D eigenvalue weighted by molar-refractivity contribution is 9.10. The molecule has 2 heterocycles. The molecule has 3 rings (SSSR count). The number of carbonyl (C=O) groups excluding carboxylic acids is 1. The van der Waals surface area contributed by atoms with Gasteiger partial charge in [-0.25, -0.2) is 0 Å². The van der Waals surface area contributed by atoms with Gasteiger partial charge in [0.15, 0.2) is 0 Å². The van der Waals surface area contributed by atoms with Gasteiger partial charge >= 0.3 is 6.01 Å². The van der Waals surface area contributed by atoms with Gasteiger partial charge in [0.05, 0.1) is 0 Å². The number of aldehydes is 1. The first kappa shape index (κ1) is 16.6. The molecule has 0 atom stereocenters. The normalized spacial score (nSPS) is 11.0. The van der Waals surface area contributed by atoms with E-state index < -0.39 is 0 Å². The minimum absolute atomic E-state index is 0.413. The third kappa shape index (κ3) is 3.05. The minimum Gasteiger partial charge on any atom is -0.407 e. The van der Waals surface area contributed by atoms with E-state index in [0.717, 1.165) is 33.1 Å². The second-order valence-electron chi connectivity index (χ2n) is 5.55. The summed E-state index contributed by atoms with van der Waals surface area (Å²) in [7, 11) is 0. The molecule has 0 amide bonds. The zero-order valence-corrected chi connectivity index (χ0v) is 15.0. The summed E-state index contributed by atoms with van der Waals surface area (Å²) in [6.45, 7) is 4.46. The van der Waals surface area contributed by atoms with Crippen LogP contribution in [0.25, 0.3) is 17.1 Å². The lowest BCUT2D eigenvalue weighted by atomic mass is 10.0. The number of hydrogen-bond donors (Lipinski definition) is 1. The Bertz CT molecular complexity index is 898. The number of hydrogen-bond acceptors (Lipinski definition) is 5. The second-order valence-corrected chi connectivity index (χ2v) is 6.47. The van der Waals surface area contributed by atoms with Crippen molar-refractivity contribution in [1.82, 2.24) is 14.8 Å². The third-order valence-electron chi connectivity index (χ3n) is 3.81. The van der Waals surface area contributed by atoms with Crippen LogP contribution >= 0.6 is 15.9 Å². The Morgan fingerprint density at radius 2 is 2.08 bits per heavy atom. The molecule has 0 aliphatic heterocycles. The molecule has 2 N–H and O–H groups in total. The molecule has 0 aliphatic carbocycles. The zero-order chi connectivity index (χ0) is 17.3. The fourth-order valence-corrected chi connectivity index (χ4v) is 3.30. The Labute approximate surface area is 147 Å². The molecular weight excluding hydrogens is 372 g/mol. The molecule has 0 fully saturated rings. The van der Waals surface area contributed by atoms with Crippen molar-refractivity contribution in [1.29, 1.82) is 0 Å². The van der Waals surface area contributed by atoms with Crippen LogP contribution in [0.15, 0.2) is 33.3 Å². The van der Waals surface area contributed by atoms with Gasteiger partial charge in [0.1, 0.15) is 6.29 Å². The number of rotatable bonds is 5. The third-order valence-corrected chi connectivity index (χ3v) is 4.26. The fourth-order valence-electron chi connectivity index (χ4n) is 2.79. The van der Waals surface area contributed by atoms with Gasteiger partial charge in [-0.1, -0.05) is 21.0 Å². The molecule has 0 aliphatic rings. The average molecular weight is 389 g/mol. The lowest BCUT2D eigenvalue weighted by molar-refractivity contribution is 0.112. The predicted octanol–water partition coefficient (Wildman–Crippen LogP) is 3.22. The van der Waals surface area contributed by atoms with Crippen molar-refractivity contribution in [3.63, 3.8) is 0 Å². The van der Waals surface area contributed by atoms with E-state index in [9.17, 15) is 4.79 Å². The minimum atomic E-state index is 0.413. The van der Waals surface area contributed by atoms with Crippen LogP contribution in [-0.4, -0.2) is 27.6 Å². The van der Waals surface area contributed by atoms with Crippen LogP contribution < -0.4 is 5.73 Å². The Balaban J connectivity index is 2.09. The monoisotopic (exact) mass is 388 g/mol. The van der Waals surface area contributed by atoms with Gasteiger partial charge in [0, 0.05) is 40.5 Å². The van der Waals surface area contributed by atoms with Crippen LogP contribution in [0, 0.1) is 13.8 Å². The van der Waals surface area contributed by atoms with Gasteiger partial charge < -0.3 is 10.2 Å². The van der Waals surface area contributed by atoms with Crippen molar-refractivity contribution in [2.24, 2.45) is 5.73 Å². The molecule has 0 saturated carbocycles. The van der Waals surface area contributed by atoms with Crippen LogP contribution in [0.4, 0.5) is 0 Å². The van der Waals surface area contributed by atoms with E-state index >= 15 is 0 Å². The van der Waals surface area contributed by atoms with E-state index in [1.807, 2.05) is 36.7 Å². The molecule has 0 radical (unpaired) electrons. The molecule has 0 unspecified atom stereocenters. The Morgan fingerprint density at radius 1 is 1.29 bits per heavy atom. The summed E-state index contributed by atoms with van der Waals surface area (Å²) in [5.74, 6) is 0.519. The maximum absolute atomic E-state index is 11.1. The molecule has 6 nitrogen and oxygen atoms in total. The predicted molar refractivity (Wildman–Crippen MR) is 94.4 cm³/mol. The Kier molecular flexibility index (Phi) is 4.64. The number of carbonyl (C=O) groups is 1. The van der Waals surface area contributed by atoms with Gasteiger partial charge in [-0.05, 0) is 43.2 Å². The summed E-state index contributed by atoms with van der Waals surface area (Å²) < 4.78 is 8.38. The van der Waals surface area contributed by atoms with Gasteiger partial charge in [-0.15, -0.1) is 5.10 Å². The molecule has 24 heavy (non-hydrogen) atoms. The molecular formula is C17H17BrN4O2. The summed E-state index contributed by atoms with van der Waals surface area (Å²) in [6, 6.07) is 6.05. The van der Waals surface area contributed by atoms with Gasteiger partial charge in [0.25, 0.3) is 0 Å². The van der Waals surface area contributed by atoms with E-state index in [2.05, 4.69) is 26.1 Å². The first-order valence-electron chi connectivity index (χ1n) is 7.51. The largest absolute Gasteiger partial charge is 0.407 e. The van der Waals surface area contributed by atoms with E-state index in [0.29, 0.717) is 30.4 Å². The molecule has 0 bridgehead atoms. The second kappa shape index (κ2) is 6.70. The summed E-state index contributed by atoms with van der Waals surface area (Å²) in [4.78, 5) is 11.1. The molecule has 7 heteroatoms.